The monoisotopic (exact) mass is 288 g/mol. The molecule has 0 radical (unpaired) electrons. The first-order valence-electron chi connectivity index (χ1n) is 8.25. The van der Waals surface area contributed by atoms with Gasteiger partial charge in [0.25, 0.3) is 0 Å². The van der Waals surface area contributed by atoms with Crippen LogP contribution in [0.15, 0.2) is 0 Å². The van der Waals surface area contributed by atoms with E-state index in [1.807, 2.05) is 0 Å². The predicted molar refractivity (Wildman–Crippen MR) is 89.3 cm³/mol. The SMILES string of the molecule is CCCCCCCCCCCCCCCC1SS1. The maximum atomic E-state index is 2.29. The van der Waals surface area contributed by atoms with Crippen molar-refractivity contribution in [2.75, 3.05) is 0 Å². The molecule has 0 aliphatic carbocycles. The normalized spacial score (nSPS) is 15.2. The van der Waals surface area contributed by atoms with E-state index in [-0.39, 0.29) is 0 Å². The minimum Gasteiger partial charge on any atom is -0.0777 e. The molecule has 0 nitrogen and oxygen atoms in total. The van der Waals surface area contributed by atoms with E-state index in [4.69, 9.17) is 0 Å². The molecule has 0 aromatic rings. The van der Waals surface area contributed by atoms with Crippen LogP contribution in [0.3, 0.4) is 0 Å². The van der Waals surface area contributed by atoms with Crippen molar-refractivity contribution in [2.24, 2.45) is 0 Å². The van der Waals surface area contributed by atoms with Gasteiger partial charge in [0.1, 0.15) is 0 Å². The van der Waals surface area contributed by atoms with E-state index in [9.17, 15) is 0 Å². The van der Waals surface area contributed by atoms with Crippen molar-refractivity contribution >= 4 is 21.6 Å². The molecule has 1 rings (SSSR count). The van der Waals surface area contributed by atoms with Gasteiger partial charge in [-0.1, -0.05) is 112 Å². The Hall–Kier alpha value is 0.700. The van der Waals surface area contributed by atoms with E-state index in [0.717, 1.165) is 4.58 Å². The van der Waals surface area contributed by atoms with Gasteiger partial charge in [0.15, 0.2) is 0 Å². The molecular formula is C16H32S2. The van der Waals surface area contributed by atoms with Crippen LogP contribution in [-0.4, -0.2) is 4.58 Å². The highest BCUT2D eigenvalue weighted by Crippen LogP contribution is 2.55. The lowest BCUT2D eigenvalue weighted by Crippen LogP contribution is -1.84. The molecule has 1 aliphatic heterocycles. The van der Waals surface area contributed by atoms with Gasteiger partial charge in [-0.3, -0.25) is 0 Å². The summed E-state index contributed by atoms with van der Waals surface area (Å²) in [5, 5.41) is 0. The van der Waals surface area contributed by atoms with Crippen molar-refractivity contribution in [1.82, 2.24) is 0 Å². The maximum absolute atomic E-state index is 2.29. The summed E-state index contributed by atoms with van der Waals surface area (Å²) in [4.78, 5) is 0. The van der Waals surface area contributed by atoms with Gasteiger partial charge < -0.3 is 0 Å². The Morgan fingerprint density at radius 3 is 1.33 bits per heavy atom. The van der Waals surface area contributed by atoms with E-state index in [0.29, 0.717) is 0 Å². The van der Waals surface area contributed by atoms with Gasteiger partial charge in [0.2, 0.25) is 0 Å². The summed E-state index contributed by atoms with van der Waals surface area (Å²) in [5.74, 6) is 0. The lowest BCUT2D eigenvalue weighted by molar-refractivity contribution is 0.538. The van der Waals surface area contributed by atoms with Gasteiger partial charge in [0, 0.05) is 0 Å². The highest BCUT2D eigenvalue weighted by atomic mass is 33.2. The second-order valence-corrected chi connectivity index (χ2v) is 8.63. The third-order valence-corrected chi connectivity index (χ3v) is 6.11. The molecular weight excluding hydrogens is 256 g/mol. The van der Waals surface area contributed by atoms with Gasteiger partial charge in [-0.05, 0) is 6.42 Å². The molecule has 1 fully saturated rings. The molecule has 0 spiro atoms. The first kappa shape index (κ1) is 16.8. The van der Waals surface area contributed by atoms with Crippen LogP contribution in [0.5, 0.6) is 0 Å². The Balaban J connectivity index is 1.60. The van der Waals surface area contributed by atoms with Crippen molar-refractivity contribution in [2.45, 2.75) is 101 Å². The molecule has 0 amide bonds. The topological polar surface area (TPSA) is 0 Å². The van der Waals surface area contributed by atoms with Crippen LogP contribution in [0.1, 0.15) is 96.8 Å². The molecule has 0 saturated carbocycles. The van der Waals surface area contributed by atoms with E-state index in [1.54, 1.807) is 0 Å². The predicted octanol–water partition coefficient (Wildman–Crippen LogP) is 7.19. The highest BCUT2D eigenvalue weighted by Gasteiger charge is 2.22. The van der Waals surface area contributed by atoms with E-state index >= 15 is 0 Å². The molecule has 18 heavy (non-hydrogen) atoms. The summed E-state index contributed by atoms with van der Waals surface area (Å²) in [6.45, 7) is 2.29. The Kier molecular flexibility index (Phi) is 11.8. The van der Waals surface area contributed by atoms with Gasteiger partial charge >= 0.3 is 0 Å². The smallest absolute Gasteiger partial charge is 0.0710 e. The first-order chi connectivity index (χ1) is 8.93. The highest BCUT2D eigenvalue weighted by molar-refractivity contribution is 8.92. The molecule has 0 unspecified atom stereocenters. The average molecular weight is 289 g/mol. The van der Waals surface area contributed by atoms with Crippen LogP contribution in [-0.2, 0) is 0 Å². The van der Waals surface area contributed by atoms with Gasteiger partial charge in [-0.15, -0.1) is 0 Å². The Morgan fingerprint density at radius 2 is 0.944 bits per heavy atom. The van der Waals surface area contributed by atoms with E-state index in [2.05, 4.69) is 28.5 Å². The number of hydrogen-bond donors (Lipinski definition) is 0. The zero-order valence-electron chi connectivity index (χ0n) is 12.3. The van der Waals surface area contributed by atoms with Crippen LogP contribution in [0.4, 0.5) is 0 Å². The average Bonchev–Trinajstić information content (AvgIpc) is 3.19. The summed E-state index contributed by atoms with van der Waals surface area (Å²) in [6.07, 6.45) is 20.6. The third kappa shape index (κ3) is 11.8. The van der Waals surface area contributed by atoms with E-state index < -0.39 is 0 Å². The van der Waals surface area contributed by atoms with Gasteiger partial charge in [-0.2, -0.15) is 0 Å². The molecule has 1 aliphatic rings. The van der Waals surface area contributed by atoms with Crippen molar-refractivity contribution in [3.05, 3.63) is 0 Å². The van der Waals surface area contributed by atoms with Crippen molar-refractivity contribution in [3.63, 3.8) is 0 Å². The summed E-state index contributed by atoms with van der Waals surface area (Å²) in [7, 11) is 4.14. The van der Waals surface area contributed by atoms with Gasteiger partial charge in [0.05, 0.1) is 4.58 Å². The van der Waals surface area contributed by atoms with Crippen LogP contribution in [0.2, 0.25) is 0 Å². The zero-order valence-corrected chi connectivity index (χ0v) is 13.9. The standard InChI is InChI=1S/C16H32S2/c1-2-3-4-5-6-7-8-9-10-11-12-13-14-15-16-17-18-16/h16H,2-15H2,1H3. The van der Waals surface area contributed by atoms with E-state index in [1.165, 1.54) is 89.9 Å². The molecule has 108 valence electrons. The zero-order chi connectivity index (χ0) is 12.9. The van der Waals surface area contributed by atoms with Gasteiger partial charge in [-0.25, -0.2) is 0 Å². The Morgan fingerprint density at radius 1 is 0.556 bits per heavy atom. The Bertz CT molecular complexity index is 166. The largest absolute Gasteiger partial charge is 0.0777 e. The number of hydrogen-bond acceptors (Lipinski definition) is 2. The molecule has 1 saturated heterocycles. The summed E-state index contributed by atoms with van der Waals surface area (Å²) >= 11 is 0. The molecule has 0 N–H and O–H groups in total. The molecule has 0 aromatic carbocycles. The first-order valence-corrected chi connectivity index (χ1v) is 10.5. The summed E-state index contributed by atoms with van der Waals surface area (Å²) in [5.41, 5.74) is 0. The second kappa shape index (κ2) is 12.7. The molecule has 0 aromatic heterocycles. The molecule has 1 heterocycles. The summed E-state index contributed by atoms with van der Waals surface area (Å²) < 4.78 is 0.984. The number of unbranched alkanes of at least 4 members (excludes halogenated alkanes) is 12. The fourth-order valence-corrected chi connectivity index (χ4v) is 3.88. The maximum Gasteiger partial charge on any atom is 0.0710 e. The fraction of sp³-hybridized carbons (Fsp3) is 1.00. The van der Waals surface area contributed by atoms with Crippen molar-refractivity contribution in [3.8, 4) is 0 Å². The summed E-state index contributed by atoms with van der Waals surface area (Å²) in [6, 6.07) is 0. The minimum absolute atomic E-state index is 0.984. The van der Waals surface area contributed by atoms with Crippen molar-refractivity contribution in [1.29, 1.82) is 0 Å². The lowest BCUT2D eigenvalue weighted by Gasteiger charge is -2.02. The fourth-order valence-electron chi connectivity index (χ4n) is 2.46. The second-order valence-electron chi connectivity index (χ2n) is 5.65. The molecule has 0 atom stereocenters. The van der Waals surface area contributed by atoms with Crippen LogP contribution < -0.4 is 0 Å². The minimum atomic E-state index is 0.984. The van der Waals surface area contributed by atoms with Crippen molar-refractivity contribution < 1.29 is 0 Å². The van der Waals surface area contributed by atoms with Crippen LogP contribution in [0.25, 0.3) is 0 Å². The Labute approximate surface area is 123 Å². The number of rotatable bonds is 14. The molecule has 2 heteroatoms. The molecule has 0 bridgehead atoms. The third-order valence-electron chi connectivity index (χ3n) is 3.78. The quantitative estimate of drug-likeness (QED) is 0.188. The van der Waals surface area contributed by atoms with Crippen LogP contribution >= 0.6 is 21.6 Å². The van der Waals surface area contributed by atoms with Crippen LogP contribution in [0, 0.1) is 0 Å². The lowest BCUT2D eigenvalue weighted by atomic mass is 10.0.